The zero-order valence-corrected chi connectivity index (χ0v) is 20.1. The van der Waals surface area contributed by atoms with E-state index in [1.165, 1.54) is 31.1 Å². The van der Waals surface area contributed by atoms with E-state index in [0.717, 1.165) is 6.07 Å². The van der Waals surface area contributed by atoms with Crippen LogP contribution in [0.1, 0.15) is 6.42 Å². The third kappa shape index (κ3) is 4.40. The second kappa shape index (κ2) is 9.97. The van der Waals surface area contributed by atoms with E-state index in [1.54, 1.807) is 18.3 Å². The van der Waals surface area contributed by atoms with Crippen molar-refractivity contribution in [2.45, 2.75) is 18.5 Å². The van der Waals surface area contributed by atoms with Crippen molar-refractivity contribution in [1.82, 2.24) is 24.9 Å². The van der Waals surface area contributed by atoms with Gasteiger partial charge in [0.15, 0.2) is 28.8 Å². The predicted molar refractivity (Wildman–Crippen MR) is 132 cm³/mol. The fourth-order valence-corrected chi connectivity index (χ4v) is 4.44. The first-order valence-corrected chi connectivity index (χ1v) is 11.4. The molecule has 2 atom stereocenters. The molecule has 192 valence electrons. The molecule has 1 aromatic carbocycles. The number of ether oxygens (including phenoxy) is 3. The number of carbonyl (C=O) groups excluding carboxylic acids is 1. The van der Waals surface area contributed by atoms with Gasteiger partial charge in [-0.25, -0.2) is 23.3 Å². The lowest BCUT2D eigenvalue weighted by molar-refractivity contribution is -0.118. The Hall–Kier alpha value is -4.32. The molecule has 1 saturated heterocycles. The molecule has 0 bridgehead atoms. The number of anilines is 1. The molecule has 3 aromatic heterocycles. The minimum atomic E-state index is -0.886. The number of pyridine rings is 2. The Bertz CT molecular complexity index is 1480. The molecule has 1 aliphatic rings. The summed E-state index contributed by atoms with van der Waals surface area (Å²) in [4.78, 5) is 20.6. The summed E-state index contributed by atoms with van der Waals surface area (Å²) in [6.07, 6.45) is 4.74. The van der Waals surface area contributed by atoms with Crippen molar-refractivity contribution in [2.24, 2.45) is 0 Å². The second-order valence-corrected chi connectivity index (χ2v) is 8.40. The van der Waals surface area contributed by atoms with Gasteiger partial charge in [0.1, 0.15) is 12.1 Å². The highest BCUT2D eigenvalue weighted by Gasteiger charge is 2.28. The van der Waals surface area contributed by atoms with Crippen molar-refractivity contribution in [3.05, 3.63) is 55.0 Å². The van der Waals surface area contributed by atoms with Crippen LogP contribution in [-0.2, 0) is 9.53 Å². The third-order valence-corrected chi connectivity index (χ3v) is 6.27. The smallest absolute Gasteiger partial charge is 0.243 e. The SMILES string of the molecule is C=CC(=O)N[C@@H]1COCC[C@@H]1Nc1cc2c(cn1)cc(-c1c(F)c(OC)cc(OC)c1F)c1ncnn12. The molecule has 2 N–H and O–H groups in total. The zero-order chi connectivity index (χ0) is 26.1. The molecule has 5 rings (SSSR count). The summed E-state index contributed by atoms with van der Waals surface area (Å²) in [5, 5.41) is 11.1. The summed E-state index contributed by atoms with van der Waals surface area (Å²) in [6, 6.07) is 4.09. The number of nitrogens with one attached hydrogen (secondary N) is 2. The molecule has 0 spiro atoms. The minimum Gasteiger partial charge on any atom is -0.494 e. The number of halogens is 2. The highest BCUT2D eigenvalue weighted by molar-refractivity contribution is 5.92. The monoisotopic (exact) mass is 510 g/mol. The van der Waals surface area contributed by atoms with Crippen LogP contribution in [0.5, 0.6) is 11.5 Å². The van der Waals surface area contributed by atoms with Crippen molar-refractivity contribution in [1.29, 1.82) is 0 Å². The van der Waals surface area contributed by atoms with Crippen LogP contribution in [0, 0.1) is 11.6 Å². The molecule has 0 radical (unpaired) electrons. The number of aromatic nitrogens is 4. The lowest BCUT2D eigenvalue weighted by atomic mass is 10.0. The molecular formula is C25H24F2N6O4. The van der Waals surface area contributed by atoms with Gasteiger partial charge in [-0.2, -0.15) is 5.10 Å². The Morgan fingerprint density at radius 1 is 1.16 bits per heavy atom. The molecule has 1 fully saturated rings. The van der Waals surface area contributed by atoms with Gasteiger partial charge in [-0.15, -0.1) is 0 Å². The zero-order valence-electron chi connectivity index (χ0n) is 20.1. The van der Waals surface area contributed by atoms with E-state index in [2.05, 4.69) is 32.3 Å². The molecular weight excluding hydrogens is 486 g/mol. The standard InChI is InChI=1S/C25H24F2N6O4/c1-4-21(34)32-16-11-37-6-5-15(16)31-20-8-17-13(10-28-20)7-14(25-29-12-30-33(17)25)22-23(26)18(35-2)9-19(36-3)24(22)27/h4,7-10,12,15-16H,1,5-6,11H2,2-3H3,(H,28,31)(H,32,34)/t15-,16+/m0/s1. The maximum absolute atomic E-state index is 15.3. The van der Waals surface area contributed by atoms with Crippen LogP contribution in [-0.4, -0.2) is 65.0 Å². The van der Waals surface area contributed by atoms with Crippen LogP contribution >= 0.6 is 0 Å². The Balaban J connectivity index is 1.58. The van der Waals surface area contributed by atoms with Gasteiger partial charge >= 0.3 is 0 Å². The molecule has 1 aliphatic heterocycles. The highest BCUT2D eigenvalue weighted by atomic mass is 19.1. The lowest BCUT2D eigenvalue weighted by Gasteiger charge is -2.32. The summed E-state index contributed by atoms with van der Waals surface area (Å²) < 4.78 is 47.8. The summed E-state index contributed by atoms with van der Waals surface area (Å²) in [6.45, 7) is 4.37. The van der Waals surface area contributed by atoms with Crippen molar-refractivity contribution in [3.8, 4) is 22.6 Å². The average Bonchev–Trinajstić information content (AvgIpc) is 3.41. The molecule has 10 nitrogen and oxygen atoms in total. The number of nitrogens with zero attached hydrogens (tertiary/aromatic N) is 4. The van der Waals surface area contributed by atoms with Gasteiger partial charge in [0.05, 0.1) is 44.0 Å². The van der Waals surface area contributed by atoms with Crippen molar-refractivity contribution in [2.75, 3.05) is 32.8 Å². The quantitative estimate of drug-likeness (QED) is 0.365. The van der Waals surface area contributed by atoms with Gasteiger partial charge in [0.25, 0.3) is 0 Å². The molecule has 4 aromatic rings. The third-order valence-electron chi connectivity index (χ3n) is 6.27. The van der Waals surface area contributed by atoms with E-state index in [4.69, 9.17) is 14.2 Å². The van der Waals surface area contributed by atoms with Gasteiger partial charge < -0.3 is 24.8 Å². The molecule has 0 aliphatic carbocycles. The van der Waals surface area contributed by atoms with Crippen LogP contribution in [0.2, 0.25) is 0 Å². The first-order chi connectivity index (χ1) is 17.9. The number of amides is 1. The van der Waals surface area contributed by atoms with E-state index < -0.39 is 11.6 Å². The van der Waals surface area contributed by atoms with Crippen molar-refractivity contribution < 1.29 is 27.8 Å². The molecule has 37 heavy (non-hydrogen) atoms. The first kappa shape index (κ1) is 24.4. The van der Waals surface area contributed by atoms with E-state index in [1.807, 2.05) is 0 Å². The molecule has 1 amide bonds. The molecule has 4 heterocycles. The summed E-state index contributed by atoms with van der Waals surface area (Å²) in [7, 11) is 2.58. The Kier molecular flexibility index (Phi) is 6.57. The van der Waals surface area contributed by atoms with Gasteiger partial charge in [0.2, 0.25) is 5.91 Å². The lowest BCUT2D eigenvalue weighted by Crippen LogP contribution is -2.52. The van der Waals surface area contributed by atoms with Crippen LogP contribution in [0.15, 0.2) is 43.4 Å². The van der Waals surface area contributed by atoms with Crippen molar-refractivity contribution in [3.63, 3.8) is 0 Å². The number of fused-ring (bicyclic) bond motifs is 3. The van der Waals surface area contributed by atoms with Crippen LogP contribution in [0.25, 0.3) is 27.7 Å². The largest absolute Gasteiger partial charge is 0.494 e. The topological polar surface area (TPSA) is 112 Å². The summed E-state index contributed by atoms with van der Waals surface area (Å²) in [5.74, 6) is -1.87. The Morgan fingerprint density at radius 3 is 2.62 bits per heavy atom. The van der Waals surface area contributed by atoms with E-state index >= 15 is 8.78 Å². The van der Waals surface area contributed by atoms with Gasteiger partial charge in [-0.1, -0.05) is 6.58 Å². The minimum absolute atomic E-state index is 0.138. The van der Waals surface area contributed by atoms with Gasteiger partial charge in [-0.3, -0.25) is 4.79 Å². The van der Waals surface area contributed by atoms with E-state index in [-0.39, 0.29) is 46.3 Å². The Morgan fingerprint density at radius 2 is 1.92 bits per heavy atom. The first-order valence-electron chi connectivity index (χ1n) is 11.4. The summed E-state index contributed by atoms with van der Waals surface area (Å²) in [5.41, 5.74) is 0.667. The number of carbonyl (C=O) groups is 1. The molecule has 12 heteroatoms. The number of methoxy groups -OCH3 is 2. The Labute approximate surface area is 210 Å². The highest BCUT2D eigenvalue weighted by Crippen LogP contribution is 2.40. The summed E-state index contributed by atoms with van der Waals surface area (Å²) >= 11 is 0. The number of hydrogen-bond acceptors (Lipinski definition) is 8. The molecule has 0 unspecified atom stereocenters. The number of benzene rings is 1. The average molecular weight is 511 g/mol. The van der Waals surface area contributed by atoms with Crippen LogP contribution in [0.3, 0.4) is 0 Å². The van der Waals surface area contributed by atoms with Crippen LogP contribution < -0.4 is 20.1 Å². The maximum Gasteiger partial charge on any atom is 0.243 e. The van der Waals surface area contributed by atoms with E-state index in [9.17, 15) is 4.79 Å². The molecule has 0 saturated carbocycles. The number of hydrogen-bond donors (Lipinski definition) is 2. The second-order valence-electron chi connectivity index (χ2n) is 8.40. The predicted octanol–water partition coefficient (Wildman–Crippen LogP) is 3.11. The van der Waals surface area contributed by atoms with Crippen molar-refractivity contribution >= 4 is 28.3 Å². The van der Waals surface area contributed by atoms with E-state index in [0.29, 0.717) is 36.4 Å². The fourth-order valence-electron chi connectivity index (χ4n) is 4.44. The maximum atomic E-state index is 15.3. The number of rotatable bonds is 7. The van der Waals surface area contributed by atoms with Gasteiger partial charge in [-0.05, 0) is 18.6 Å². The fraction of sp³-hybridized carbons (Fsp3) is 0.280. The normalized spacial score (nSPS) is 17.5. The van der Waals surface area contributed by atoms with Crippen LogP contribution in [0.4, 0.5) is 14.6 Å². The van der Waals surface area contributed by atoms with Gasteiger partial charge in [0, 0.05) is 35.9 Å².